The van der Waals surface area contributed by atoms with Crippen LogP contribution in [0.4, 0.5) is 0 Å². The van der Waals surface area contributed by atoms with E-state index in [0.29, 0.717) is 28.1 Å². The molecule has 0 aliphatic heterocycles. The van der Waals surface area contributed by atoms with Crippen molar-refractivity contribution in [2.45, 2.75) is 16.7 Å². The number of nitrogens with zero attached hydrogens (tertiary/aromatic N) is 4. The van der Waals surface area contributed by atoms with Crippen LogP contribution < -0.4 is 11.1 Å². The number of nitrogens with one attached hydrogen (secondary N) is 1. The van der Waals surface area contributed by atoms with Crippen LogP contribution >= 0.6 is 11.8 Å². The van der Waals surface area contributed by atoms with Crippen LogP contribution in [0.3, 0.4) is 0 Å². The minimum absolute atomic E-state index is 0.184. The lowest BCUT2D eigenvalue weighted by atomic mass is 10.3. The maximum atomic E-state index is 11.7. The molecule has 1 amide bonds. The summed E-state index contributed by atoms with van der Waals surface area (Å²) in [4.78, 5) is 16.0. The van der Waals surface area contributed by atoms with Crippen LogP contribution in [0, 0.1) is 0 Å². The van der Waals surface area contributed by atoms with E-state index >= 15 is 0 Å². The van der Waals surface area contributed by atoms with Gasteiger partial charge in [0.1, 0.15) is 10.9 Å². The van der Waals surface area contributed by atoms with E-state index in [2.05, 4.69) is 20.5 Å². The SMILES string of the molecule is CNC(=O)c1cccnc1Sc1nnc(CN)n1C. The van der Waals surface area contributed by atoms with Gasteiger partial charge in [0.25, 0.3) is 5.91 Å². The number of hydrogen-bond donors (Lipinski definition) is 2. The molecule has 0 spiro atoms. The molecule has 0 fully saturated rings. The predicted octanol–water partition coefficient (Wildman–Crippen LogP) is 0.180. The van der Waals surface area contributed by atoms with E-state index in [9.17, 15) is 4.79 Å². The second-order valence-corrected chi connectivity index (χ2v) is 4.66. The maximum Gasteiger partial charge on any atom is 0.253 e. The van der Waals surface area contributed by atoms with Crippen LogP contribution in [-0.4, -0.2) is 32.7 Å². The van der Waals surface area contributed by atoms with Gasteiger partial charge < -0.3 is 15.6 Å². The van der Waals surface area contributed by atoms with E-state index in [4.69, 9.17) is 5.73 Å². The van der Waals surface area contributed by atoms with Gasteiger partial charge in [0, 0.05) is 20.3 Å². The number of aromatic nitrogens is 4. The standard InChI is InChI=1S/C11H14N6OS/c1-13-9(18)7-4-3-5-14-10(7)19-11-16-15-8(6-12)17(11)2/h3-5H,6,12H2,1-2H3,(H,13,18). The molecule has 0 bridgehead atoms. The number of amides is 1. The second kappa shape index (κ2) is 5.81. The molecule has 3 N–H and O–H groups in total. The van der Waals surface area contributed by atoms with Gasteiger partial charge in [-0.2, -0.15) is 0 Å². The molecule has 2 rings (SSSR count). The van der Waals surface area contributed by atoms with Gasteiger partial charge in [0.05, 0.1) is 12.1 Å². The molecule has 0 saturated carbocycles. The van der Waals surface area contributed by atoms with Crippen molar-refractivity contribution < 1.29 is 4.79 Å². The first-order chi connectivity index (χ1) is 9.17. The van der Waals surface area contributed by atoms with Crippen LogP contribution in [0.5, 0.6) is 0 Å². The second-order valence-electron chi connectivity index (χ2n) is 3.70. The third kappa shape index (κ3) is 2.74. The third-order valence-electron chi connectivity index (χ3n) is 2.54. The molecular weight excluding hydrogens is 264 g/mol. The molecule has 7 nitrogen and oxygen atoms in total. The highest BCUT2D eigenvalue weighted by molar-refractivity contribution is 7.99. The first-order valence-corrected chi connectivity index (χ1v) is 6.42. The summed E-state index contributed by atoms with van der Waals surface area (Å²) >= 11 is 1.28. The lowest BCUT2D eigenvalue weighted by molar-refractivity contribution is 0.0959. The fraction of sp³-hybridized carbons (Fsp3) is 0.273. The van der Waals surface area contributed by atoms with Crippen molar-refractivity contribution in [2.24, 2.45) is 12.8 Å². The van der Waals surface area contributed by atoms with E-state index in [1.165, 1.54) is 11.8 Å². The Kier molecular flexibility index (Phi) is 4.13. The van der Waals surface area contributed by atoms with Crippen LogP contribution in [0.25, 0.3) is 0 Å². The Morgan fingerprint density at radius 3 is 2.95 bits per heavy atom. The van der Waals surface area contributed by atoms with Crippen molar-refractivity contribution >= 4 is 17.7 Å². The monoisotopic (exact) mass is 278 g/mol. The van der Waals surface area contributed by atoms with E-state index in [1.807, 2.05) is 7.05 Å². The van der Waals surface area contributed by atoms with Crippen molar-refractivity contribution in [1.82, 2.24) is 25.1 Å². The zero-order valence-corrected chi connectivity index (χ0v) is 11.4. The zero-order valence-electron chi connectivity index (χ0n) is 10.6. The molecule has 0 unspecified atom stereocenters. The summed E-state index contributed by atoms with van der Waals surface area (Å²) in [6.45, 7) is 0.314. The fourth-order valence-corrected chi connectivity index (χ4v) is 2.36. The third-order valence-corrected chi connectivity index (χ3v) is 3.60. The molecule has 0 aromatic carbocycles. The van der Waals surface area contributed by atoms with Crippen LogP contribution in [0.2, 0.25) is 0 Å². The number of nitrogens with two attached hydrogens (primary N) is 1. The van der Waals surface area contributed by atoms with Crippen molar-refractivity contribution in [3.05, 3.63) is 29.7 Å². The normalized spacial score (nSPS) is 10.5. The number of carbonyl (C=O) groups is 1. The summed E-state index contributed by atoms with van der Waals surface area (Å²) in [6, 6.07) is 3.44. The molecular formula is C11H14N6OS. The highest BCUT2D eigenvalue weighted by atomic mass is 32.2. The largest absolute Gasteiger partial charge is 0.355 e. The van der Waals surface area contributed by atoms with E-state index in [1.54, 1.807) is 29.9 Å². The topological polar surface area (TPSA) is 98.7 Å². The predicted molar refractivity (Wildman–Crippen MR) is 70.6 cm³/mol. The average molecular weight is 278 g/mol. The average Bonchev–Trinajstić information content (AvgIpc) is 2.79. The summed E-state index contributed by atoms with van der Waals surface area (Å²) in [5.41, 5.74) is 6.05. The number of hydrogen-bond acceptors (Lipinski definition) is 6. The highest BCUT2D eigenvalue weighted by Crippen LogP contribution is 2.27. The van der Waals surface area contributed by atoms with Crippen LogP contribution in [0.1, 0.15) is 16.2 Å². The van der Waals surface area contributed by atoms with Gasteiger partial charge in [-0.15, -0.1) is 10.2 Å². The van der Waals surface area contributed by atoms with Gasteiger partial charge in [0.15, 0.2) is 5.16 Å². The summed E-state index contributed by atoms with van der Waals surface area (Å²) in [6.07, 6.45) is 1.63. The Morgan fingerprint density at radius 2 is 2.32 bits per heavy atom. The summed E-state index contributed by atoms with van der Waals surface area (Å²) in [5.74, 6) is 0.497. The Bertz CT molecular complexity index is 597. The van der Waals surface area contributed by atoms with Gasteiger partial charge in [0.2, 0.25) is 0 Å². The fourth-order valence-electron chi connectivity index (χ4n) is 1.48. The van der Waals surface area contributed by atoms with Crippen molar-refractivity contribution in [2.75, 3.05) is 7.05 Å². The van der Waals surface area contributed by atoms with Crippen molar-refractivity contribution in [3.8, 4) is 0 Å². The van der Waals surface area contributed by atoms with E-state index < -0.39 is 0 Å². The number of pyridine rings is 1. The molecule has 0 aliphatic carbocycles. The lowest BCUT2D eigenvalue weighted by Gasteiger charge is -2.06. The van der Waals surface area contributed by atoms with Gasteiger partial charge >= 0.3 is 0 Å². The molecule has 0 atom stereocenters. The lowest BCUT2D eigenvalue weighted by Crippen LogP contribution is -2.19. The van der Waals surface area contributed by atoms with Gasteiger partial charge in [-0.25, -0.2) is 4.98 Å². The molecule has 0 radical (unpaired) electrons. The van der Waals surface area contributed by atoms with Crippen molar-refractivity contribution in [3.63, 3.8) is 0 Å². The van der Waals surface area contributed by atoms with Gasteiger partial charge in [-0.3, -0.25) is 4.79 Å². The molecule has 8 heteroatoms. The Balaban J connectivity index is 2.33. The maximum absolute atomic E-state index is 11.7. The zero-order chi connectivity index (χ0) is 13.8. The van der Waals surface area contributed by atoms with Gasteiger partial charge in [-0.1, -0.05) is 0 Å². The number of carbonyl (C=O) groups excluding carboxylic acids is 1. The van der Waals surface area contributed by atoms with Gasteiger partial charge in [-0.05, 0) is 23.9 Å². The quantitative estimate of drug-likeness (QED) is 0.827. The molecule has 100 valence electrons. The molecule has 19 heavy (non-hydrogen) atoms. The van der Waals surface area contributed by atoms with Crippen LogP contribution in [0.15, 0.2) is 28.5 Å². The first-order valence-electron chi connectivity index (χ1n) is 5.60. The van der Waals surface area contributed by atoms with E-state index in [-0.39, 0.29) is 5.91 Å². The molecule has 2 aromatic heterocycles. The molecule has 0 saturated heterocycles. The Hall–Kier alpha value is -1.93. The molecule has 0 aliphatic rings. The Labute approximate surface area is 114 Å². The minimum atomic E-state index is -0.184. The smallest absolute Gasteiger partial charge is 0.253 e. The van der Waals surface area contributed by atoms with E-state index in [0.717, 1.165) is 0 Å². The summed E-state index contributed by atoms with van der Waals surface area (Å²) < 4.78 is 1.78. The summed E-state index contributed by atoms with van der Waals surface area (Å²) in [7, 11) is 3.41. The summed E-state index contributed by atoms with van der Waals surface area (Å²) in [5, 5.41) is 11.8. The Morgan fingerprint density at radius 1 is 1.53 bits per heavy atom. The molecule has 2 aromatic rings. The minimum Gasteiger partial charge on any atom is -0.355 e. The van der Waals surface area contributed by atoms with Crippen molar-refractivity contribution in [1.29, 1.82) is 0 Å². The number of rotatable bonds is 4. The first kappa shape index (κ1) is 13.5. The molecule has 2 heterocycles. The van der Waals surface area contributed by atoms with Crippen LogP contribution in [-0.2, 0) is 13.6 Å². The highest BCUT2D eigenvalue weighted by Gasteiger charge is 2.15.